The van der Waals surface area contributed by atoms with E-state index in [0.717, 1.165) is 31.5 Å². The number of nitrogens with zero attached hydrogens (tertiary/aromatic N) is 1. The molecule has 1 rings (SSSR count). The topological polar surface area (TPSA) is 62.2 Å². The molecule has 0 radical (unpaired) electrons. The number of rotatable bonds is 7. The minimum absolute atomic E-state index is 0.271. The van der Waals surface area contributed by atoms with E-state index in [4.69, 9.17) is 11.5 Å². The molecular weight excluding hydrogens is 228 g/mol. The molecule has 0 saturated carbocycles. The monoisotopic (exact) mass is 246 g/mol. The van der Waals surface area contributed by atoms with E-state index in [1.165, 1.54) is 0 Å². The van der Waals surface area contributed by atoms with E-state index < -0.39 is 5.97 Å². The molecule has 96 valence electrons. The van der Waals surface area contributed by atoms with Crippen LogP contribution in [0.2, 0.25) is 0 Å². The Morgan fingerprint density at radius 2 is 2.28 bits per heavy atom. The summed E-state index contributed by atoms with van der Waals surface area (Å²) in [6.45, 7) is 2.70. The first-order chi connectivity index (χ1) is 8.67. The molecule has 0 spiro atoms. The van der Waals surface area contributed by atoms with Gasteiger partial charge in [0.15, 0.2) is 0 Å². The first kappa shape index (κ1) is 14.0. The van der Waals surface area contributed by atoms with Crippen LogP contribution in [0.4, 0.5) is 5.82 Å². The molecule has 1 aromatic heterocycles. The summed E-state index contributed by atoms with van der Waals surface area (Å²) >= 11 is 0. The predicted molar refractivity (Wildman–Crippen MR) is 71.7 cm³/mol. The van der Waals surface area contributed by atoms with Gasteiger partial charge in [0.25, 0.3) is 0 Å². The fourth-order valence-electron chi connectivity index (χ4n) is 1.55. The van der Waals surface area contributed by atoms with Gasteiger partial charge in [-0.1, -0.05) is 6.92 Å². The van der Waals surface area contributed by atoms with Crippen LogP contribution in [0, 0.1) is 12.3 Å². The molecule has 0 atom stereocenters. The van der Waals surface area contributed by atoms with Crippen LogP contribution in [-0.2, 0) is 6.42 Å². The third-order valence-corrected chi connectivity index (χ3v) is 2.54. The van der Waals surface area contributed by atoms with Gasteiger partial charge in [-0.25, -0.2) is 9.78 Å². The second-order valence-corrected chi connectivity index (χ2v) is 3.98. The third-order valence-electron chi connectivity index (χ3n) is 2.54. The summed E-state index contributed by atoms with van der Waals surface area (Å²) in [5, 5.41) is 12.1. The largest absolute Gasteiger partial charge is 0.478 e. The molecule has 18 heavy (non-hydrogen) atoms. The van der Waals surface area contributed by atoms with E-state index in [-0.39, 0.29) is 5.56 Å². The molecule has 4 nitrogen and oxygen atoms in total. The van der Waals surface area contributed by atoms with Crippen LogP contribution >= 0.6 is 0 Å². The minimum atomic E-state index is -0.928. The number of hydrogen-bond donors (Lipinski definition) is 2. The lowest BCUT2D eigenvalue weighted by Crippen LogP contribution is -2.07. The summed E-state index contributed by atoms with van der Waals surface area (Å²) in [4.78, 5) is 15.3. The van der Waals surface area contributed by atoms with Gasteiger partial charge in [-0.05, 0) is 31.4 Å². The molecule has 0 amide bonds. The van der Waals surface area contributed by atoms with Gasteiger partial charge < -0.3 is 10.4 Å². The fraction of sp³-hybridized carbons (Fsp3) is 0.429. The Morgan fingerprint density at radius 3 is 2.89 bits per heavy atom. The van der Waals surface area contributed by atoms with Crippen molar-refractivity contribution in [2.24, 2.45) is 0 Å². The van der Waals surface area contributed by atoms with Crippen LogP contribution < -0.4 is 5.32 Å². The zero-order valence-corrected chi connectivity index (χ0v) is 10.6. The van der Waals surface area contributed by atoms with Gasteiger partial charge in [-0.3, -0.25) is 0 Å². The summed E-state index contributed by atoms with van der Waals surface area (Å²) < 4.78 is 0. The van der Waals surface area contributed by atoms with Gasteiger partial charge in [0.2, 0.25) is 0 Å². The van der Waals surface area contributed by atoms with Crippen LogP contribution in [-0.4, -0.2) is 22.6 Å². The highest BCUT2D eigenvalue weighted by Crippen LogP contribution is 2.11. The number of unbranched alkanes of at least 4 members (excludes halogenated alkanes) is 2. The first-order valence-electron chi connectivity index (χ1n) is 6.09. The van der Waals surface area contributed by atoms with E-state index >= 15 is 0 Å². The van der Waals surface area contributed by atoms with Crippen LogP contribution in [0.5, 0.6) is 0 Å². The van der Waals surface area contributed by atoms with Gasteiger partial charge in [0.05, 0.1) is 5.56 Å². The zero-order chi connectivity index (χ0) is 13.4. The van der Waals surface area contributed by atoms with Crippen LogP contribution in [0.25, 0.3) is 0 Å². The normalized spacial score (nSPS) is 9.78. The molecule has 0 saturated heterocycles. The first-order valence-corrected chi connectivity index (χ1v) is 6.09. The van der Waals surface area contributed by atoms with E-state index in [9.17, 15) is 4.79 Å². The van der Waals surface area contributed by atoms with E-state index in [2.05, 4.69) is 16.2 Å². The predicted octanol–water partition coefficient (Wildman–Crippen LogP) is 2.56. The summed E-state index contributed by atoms with van der Waals surface area (Å²) in [6.07, 6.45) is 8.56. The number of terminal acetylenes is 1. The molecule has 0 bridgehead atoms. The third kappa shape index (κ3) is 4.46. The summed E-state index contributed by atoms with van der Waals surface area (Å²) in [5.74, 6) is 2.28. The number of pyridine rings is 1. The van der Waals surface area contributed by atoms with E-state index in [1.807, 2.05) is 6.92 Å². The van der Waals surface area contributed by atoms with Crippen molar-refractivity contribution in [3.05, 3.63) is 23.4 Å². The van der Waals surface area contributed by atoms with Crippen molar-refractivity contribution in [2.45, 2.75) is 32.6 Å². The molecule has 4 heteroatoms. The van der Waals surface area contributed by atoms with Crippen molar-refractivity contribution in [1.82, 2.24) is 4.98 Å². The highest BCUT2D eigenvalue weighted by Gasteiger charge is 2.07. The van der Waals surface area contributed by atoms with E-state index in [0.29, 0.717) is 12.2 Å². The Morgan fingerprint density at radius 1 is 1.50 bits per heavy atom. The van der Waals surface area contributed by atoms with Crippen LogP contribution in [0.3, 0.4) is 0 Å². The standard InChI is InChI=1S/C14H18N2O2/c1-3-5-6-7-8-15-13-10-11(14(17)18)9-12(4-2)16-13/h1,9-10H,4-8H2,2H3,(H,15,16)(H,17,18). The van der Waals surface area contributed by atoms with Crippen molar-refractivity contribution in [3.63, 3.8) is 0 Å². The number of carboxylic acids is 1. The summed E-state index contributed by atoms with van der Waals surface area (Å²) in [6, 6.07) is 3.16. The van der Waals surface area contributed by atoms with Gasteiger partial charge in [0, 0.05) is 18.7 Å². The highest BCUT2D eigenvalue weighted by molar-refractivity contribution is 5.88. The molecule has 1 aromatic rings. The van der Waals surface area contributed by atoms with Crippen molar-refractivity contribution >= 4 is 11.8 Å². The molecule has 0 aromatic carbocycles. The van der Waals surface area contributed by atoms with Gasteiger partial charge in [0.1, 0.15) is 5.82 Å². The second kappa shape index (κ2) is 7.33. The van der Waals surface area contributed by atoms with Crippen LogP contribution in [0.1, 0.15) is 42.2 Å². The molecule has 0 aliphatic rings. The lowest BCUT2D eigenvalue weighted by molar-refractivity contribution is 0.0696. The number of aromatic nitrogens is 1. The average Bonchev–Trinajstić information content (AvgIpc) is 2.38. The smallest absolute Gasteiger partial charge is 0.335 e. The Bertz CT molecular complexity index is 450. The number of nitrogens with one attached hydrogen (secondary N) is 1. The SMILES string of the molecule is C#CCCCCNc1cc(C(=O)O)cc(CC)n1. The number of carboxylic acid groups (broad SMARTS) is 1. The summed E-state index contributed by atoms with van der Waals surface area (Å²) in [7, 11) is 0. The fourth-order valence-corrected chi connectivity index (χ4v) is 1.55. The number of anilines is 1. The van der Waals surface area contributed by atoms with Crippen molar-refractivity contribution in [1.29, 1.82) is 0 Å². The van der Waals surface area contributed by atoms with Crippen molar-refractivity contribution < 1.29 is 9.90 Å². The lowest BCUT2D eigenvalue weighted by atomic mass is 10.2. The average molecular weight is 246 g/mol. The van der Waals surface area contributed by atoms with Gasteiger partial charge >= 0.3 is 5.97 Å². The maximum atomic E-state index is 11.0. The Kier molecular flexibility index (Phi) is 5.72. The van der Waals surface area contributed by atoms with Crippen LogP contribution in [0.15, 0.2) is 12.1 Å². The molecule has 0 aliphatic heterocycles. The van der Waals surface area contributed by atoms with Crippen molar-refractivity contribution in [3.8, 4) is 12.3 Å². The Balaban J connectivity index is 2.62. The molecule has 0 aliphatic carbocycles. The van der Waals surface area contributed by atoms with Crippen molar-refractivity contribution in [2.75, 3.05) is 11.9 Å². The molecule has 0 fully saturated rings. The highest BCUT2D eigenvalue weighted by atomic mass is 16.4. The number of aryl methyl sites for hydroxylation is 1. The molecule has 2 N–H and O–H groups in total. The Labute approximate surface area is 107 Å². The number of hydrogen-bond acceptors (Lipinski definition) is 3. The molecular formula is C14H18N2O2. The number of carbonyl (C=O) groups is 1. The molecule has 1 heterocycles. The Hall–Kier alpha value is -2.02. The summed E-state index contributed by atoms with van der Waals surface area (Å²) in [5.41, 5.74) is 1.05. The number of aromatic carboxylic acids is 1. The van der Waals surface area contributed by atoms with Gasteiger partial charge in [-0.2, -0.15) is 0 Å². The maximum absolute atomic E-state index is 11.0. The van der Waals surface area contributed by atoms with E-state index in [1.54, 1.807) is 12.1 Å². The zero-order valence-electron chi connectivity index (χ0n) is 10.6. The molecule has 0 unspecified atom stereocenters. The second-order valence-electron chi connectivity index (χ2n) is 3.98. The maximum Gasteiger partial charge on any atom is 0.335 e. The quantitative estimate of drug-likeness (QED) is 0.573. The minimum Gasteiger partial charge on any atom is -0.478 e. The lowest BCUT2D eigenvalue weighted by Gasteiger charge is -2.08. The van der Waals surface area contributed by atoms with Gasteiger partial charge in [-0.15, -0.1) is 12.3 Å².